The van der Waals surface area contributed by atoms with Gasteiger partial charge in [0.1, 0.15) is 5.82 Å². The Balaban J connectivity index is 2.27. The van der Waals surface area contributed by atoms with E-state index < -0.39 is 11.7 Å². The van der Waals surface area contributed by atoms with Gasteiger partial charge < -0.3 is 10.6 Å². The highest BCUT2D eigenvalue weighted by atomic mass is 35.5. The standard InChI is InChI=1S/C15H12ClFN2O2/c1-9(20)18-13-6-5-12(17)8-14(13)19-15(21)10-3-2-4-11(16)7-10/h2-8H,1H3,(H,18,20)(H,19,21). The molecule has 0 aliphatic heterocycles. The summed E-state index contributed by atoms with van der Waals surface area (Å²) >= 11 is 5.82. The second-order valence-corrected chi connectivity index (χ2v) is 4.77. The molecule has 2 N–H and O–H groups in total. The number of rotatable bonds is 3. The summed E-state index contributed by atoms with van der Waals surface area (Å²) in [5.74, 6) is -1.29. The number of anilines is 2. The highest BCUT2D eigenvalue weighted by Crippen LogP contribution is 2.24. The second kappa shape index (κ2) is 6.37. The number of benzene rings is 2. The highest BCUT2D eigenvalue weighted by molar-refractivity contribution is 6.31. The SMILES string of the molecule is CC(=O)Nc1ccc(F)cc1NC(=O)c1cccc(Cl)c1. The van der Waals surface area contributed by atoms with E-state index in [9.17, 15) is 14.0 Å². The number of nitrogens with one attached hydrogen (secondary N) is 2. The Labute approximate surface area is 125 Å². The minimum atomic E-state index is -0.523. The number of hydrogen-bond acceptors (Lipinski definition) is 2. The van der Waals surface area contributed by atoms with Crippen LogP contribution in [0.3, 0.4) is 0 Å². The summed E-state index contributed by atoms with van der Waals surface area (Å²) in [4.78, 5) is 23.2. The van der Waals surface area contributed by atoms with Gasteiger partial charge in [-0.05, 0) is 36.4 Å². The van der Waals surface area contributed by atoms with Crippen LogP contribution < -0.4 is 10.6 Å². The molecule has 2 aromatic rings. The number of carbonyl (C=O) groups is 2. The molecule has 2 aromatic carbocycles. The lowest BCUT2D eigenvalue weighted by molar-refractivity contribution is -0.114. The summed E-state index contributed by atoms with van der Waals surface area (Å²) in [6.45, 7) is 1.33. The minimum absolute atomic E-state index is 0.176. The molecule has 0 spiro atoms. The molecule has 0 radical (unpaired) electrons. The highest BCUT2D eigenvalue weighted by Gasteiger charge is 2.11. The first-order chi connectivity index (χ1) is 9.95. The molecule has 0 aliphatic carbocycles. The van der Waals surface area contributed by atoms with Crippen LogP contribution in [0.4, 0.5) is 15.8 Å². The second-order valence-electron chi connectivity index (χ2n) is 4.34. The van der Waals surface area contributed by atoms with E-state index in [-0.39, 0.29) is 11.6 Å². The van der Waals surface area contributed by atoms with Gasteiger partial charge in [-0.25, -0.2) is 4.39 Å². The van der Waals surface area contributed by atoms with Gasteiger partial charge in [-0.3, -0.25) is 9.59 Å². The van der Waals surface area contributed by atoms with Gasteiger partial charge in [-0.15, -0.1) is 0 Å². The molecule has 0 saturated carbocycles. The third-order valence-corrected chi connectivity index (χ3v) is 2.86. The summed E-state index contributed by atoms with van der Waals surface area (Å²) in [7, 11) is 0. The van der Waals surface area contributed by atoms with Crippen LogP contribution in [0.2, 0.25) is 5.02 Å². The average molecular weight is 307 g/mol. The Kier molecular flexibility index (Phi) is 4.55. The quantitative estimate of drug-likeness (QED) is 0.908. The van der Waals surface area contributed by atoms with Gasteiger partial charge in [0.05, 0.1) is 11.4 Å². The fraction of sp³-hybridized carbons (Fsp3) is 0.0667. The van der Waals surface area contributed by atoms with Crippen molar-refractivity contribution in [3.8, 4) is 0 Å². The maximum absolute atomic E-state index is 13.3. The molecule has 21 heavy (non-hydrogen) atoms. The molecule has 0 heterocycles. The lowest BCUT2D eigenvalue weighted by atomic mass is 10.2. The number of hydrogen-bond donors (Lipinski definition) is 2. The van der Waals surface area contributed by atoms with E-state index in [2.05, 4.69) is 10.6 Å². The van der Waals surface area contributed by atoms with Crippen molar-refractivity contribution in [1.82, 2.24) is 0 Å². The zero-order chi connectivity index (χ0) is 15.4. The third kappa shape index (κ3) is 4.03. The Hall–Kier alpha value is -2.40. The third-order valence-electron chi connectivity index (χ3n) is 2.63. The smallest absolute Gasteiger partial charge is 0.255 e. The van der Waals surface area contributed by atoms with Crippen LogP contribution in [-0.4, -0.2) is 11.8 Å². The molecule has 6 heteroatoms. The molecule has 2 rings (SSSR count). The molecule has 2 amide bonds. The summed E-state index contributed by atoms with van der Waals surface area (Å²) < 4.78 is 13.3. The lowest BCUT2D eigenvalue weighted by Gasteiger charge is -2.11. The molecule has 0 aliphatic rings. The van der Waals surface area contributed by atoms with E-state index in [1.807, 2.05) is 0 Å². The Morgan fingerprint density at radius 3 is 2.48 bits per heavy atom. The maximum atomic E-state index is 13.3. The first-order valence-corrected chi connectivity index (χ1v) is 6.47. The van der Waals surface area contributed by atoms with Crippen molar-refractivity contribution in [2.45, 2.75) is 6.92 Å². The zero-order valence-electron chi connectivity index (χ0n) is 11.1. The van der Waals surface area contributed by atoms with Gasteiger partial charge in [0, 0.05) is 17.5 Å². The van der Waals surface area contributed by atoms with Crippen molar-refractivity contribution in [3.05, 3.63) is 58.9 Å². The maximum Gasteiger partial charge on any atom is 0.255 e. The zero-order valence-corrected chi connectivity index (χ0v) is 11.9. The normalized spacial score (nSPS) is 10.0. The molecule has 0 saturated heterocycles. The lowest BCUT2D eigenvalue weighted by Crippen LogP contribution is -2.15. The molecule has 0 unspecified atom stereocenters. The molecular formula is C15H12ClFN2O2. The van der Waals surface area contributed by atoms with E-state index in [0.717, 1.165) is 6.07 Å². The van der Waals surface area contributed by atoms with Crippen LogP contribution in [-0.2, 0) is 4.79 Å². The first kappa shape index (κ1) is 15.0. The van der Waals surface area contributed by atoms with E-state index >= 15 is 0 Å². The van der Waals surface area contributed by atoms with Crippen molar-refractivity contribution >= 4 is 34.8 Å². The van der Waals surface area contributed by atoms with Crippen molar-refractivity contribution < 1.29 is 14.0 Å². The van der Waals surface area contributed by atoms with Gasteiger partial charge in [0.2, 0.25) is 5.91 Å². The summed E-state index contributed by atoms with van der Waals surface area (Å²) in [5.41, 5.74) is 0.829. The minimum Gasteiger partial charge on any atom is -0.325 e. The Bertz CT molecular complexity index is 704. The van der Waals surface area contributed by atoms with Gasteiger partial charge in [0.25, 0.3) is 5.91 Å². The average Bonchev–Trinajstić information content (AvgIpc) is 2.41. The molecule has 4 nitrogen and oxygen atoms in total. The van der Waals surface area contributed by atoms with Crippen LogP contribution in [0.15, 0.2) is 42.5 Å². The van der Waals surface area contributed by atoms with E-state index in [0.29, 0.717) is 16.3 Å². The fourth-order valence-electron chi connectivity index (χ4n) is 1.74. The van der Waals surface area contributed by atoms with Crippen molar-refractivity contribution in [2.24, 2.45) is 0 Å². The molecule has 0 aromatic heterocycles. The van der Waals surface area contributed by atoms with Crippen LogP contribution in [0.1, 0.15) is 17.3 Å². The van der Waals surface area contributed by atoms with E-state index in [4.69, 9.17) is 11.6 Å². The van der Waals surface area contributed by atoms with Gasteiger partial charge in [-0.2, -0.15) is 0 Å². The molecular weight excluding hydrogens is 295 g/mol. The van der Waals surface area contributed by atoms with E-state index in [1.165, 1.54) is 25.1 Å². The predicted molar refractivity (Wildman–Crippen MR) is 80.1 cm³/mol. The van der Waals surface area contributed by atoms with Crippen LogP contribution >= 0.6 is 11.6 Å². The number of amides is 2. The van der Waals surface area contributed by atoms with E-state index in [1.54, 1.807) is 18.2 Å². The largest absolute Gasteiger partial charge is 0.325 e. The number of halogens is 2. The summed E-state index contributed by atoms with van der Waals surface area (Å²) in [6.07, 6.45) is 0. The Morgan fingerprint density at radius 2 is 1.81 bits per heavy atom. The molecule has 0 fully saturated rings. The molecule has 0 atom stereocenters. The molecule has 108 valence electrons. The first-order valence-electron chi connectivity index (χ1n) is 6.10. The topological polar surface area (TPSA) is 58.2 Å². The molecule has 0 bridgehead atoms. The Morgan fingerprint density at radius 1 is 1.05 bits per heavy atom. The van der Waals surface area contributed by atoms with Crippen molar-refractivity contribution in [3.63, 3.8) is 0 Å². The van der Waals surface area contributed by atoms with Crippen LogP contribution in [0.5, 0.6) is 0 Å². The summed E-state index contributed by atoms with van der Waals surface area (Å²) in [6, 6.07) is 10.1. The fourth-order valence-corrected chi connectivity index (χ4v) is 1.93. The van der Waals surface area contributed by atoms with Crippen molar-refractivity contribution in [2.75, 3.05) is 10.6 Å². The van der Waals surface area contributed by atoms with Crippen LogP contribution in [0, 0.1) is 5.82 Å². The van der Waals surface area contributed by atoms with Gasteiger partial charge >= 0.3 is 0 Å². The number of carbonyl (C=O) groups excluding carboxylic acids is 2. The van der Waals surface area contributed by atoms with Crippen LogP contribution in [0.25, 0.3) is 0 Å². The van der Waals surface area contributed by atoms with Gasteiger partial charge in [-0.1, -0.05) is 17.7 Å². The summed E-state index contributed by atoms with van der Waals surface area (Å²) in [5, 5.41) is 5.49. The predicted octanol–water partition coefficient (Wildman–Crippen LogP) is 3.69. The van der Waals surface area contributed by atoms with Crippen molar-refractivity contribution in [1.29, 1.82) is 0 Å². The monoisotopic (exact) mass is 306 g/mol. The van der Waals surface area contributed by atoms with Gasteiger partial charge in [0.15, 0.2) is 0 Å².